The highest BCUT2D eigenvalue weighted by atomic mass is 16.5. The molecule has 38 heavy (non-hydrogen) atoms. The van der Waals surface area contributed by atoms with Gasteiger partial charge in [0.2, 0.25) is 0 Å². The summed E-state index contributed by atoms with van der Waals surface area (Å²) in [5.41, 5.74) is 2.79. The molecule has 3 saturated carbocycles. The van der Waals surface area contributed by atoms with E-state index in [4.69, 9.17) is 9.47 Å². The summed E-state index contributed by atoms with van der Waals surface area (Å²) in [6, 6.07) is 7.58. The molecule has 0 N–H and O–H groups in total. The number of carbonyl (C=O) groups is 3. The fourth-order valence-corrected chi connectivity index (χ4v) is 8.88. The summed E-state index contributed by atoms with van der Waals surface area (Å²) in [5.74, 6) is 1.81. The van der Waals surface area contributed by atoms with E-state index >= 15 is 0 Å². The van der Waals surface area contributed by atoms with Crippen molar-refractivity contribution in [2.75, 3.05) is 7.11 Å². The lowest BCUT2D eigenvalue weighted by Gasteiger charge is -2.56. The molecule has 0 aromatic heterocycles. The zero-order valence-corrected chi connectivity index (χ0v) is 23.8. The number of esters is 2. The molecule has 0 bridgehead atoms. The zero-order valence-electron chi connectivity index (χ0n) is 23.8. The first kappa shape index (κ1) is 27.1. The molecule has 1 aromatic carbocycles. The molecular weight excluding hydrogens is 476 g/mol. The minimum absolute atomic E-state index is 0.00125. The lowest BCUT2D eigenvalue weighted by Crippen LogP contribution is -2.52. The number of ether oxygens (including phenoxy) is 2. The molecule has 5 heteroatoms. The summed E-state index contributed by atoms with van der Waals surface area (Å²) in [6.07, 6.45) is 10.3. The van der Waals surface area contributed by atoms with Crippen molar-refractivity contribution >= 4 is 17.7 Å². The van der Waals surface area contributed by atoms with Crippen molar-refractivity contribution in [1.29, 1.82) is 0 Å². The minimum Gasteiger partial charge on any atom is -0.469 e. The van der Waals surface area contributed by atoms with Crippen LogP contribution in [-0.2, 0) is 19.1 Å². The molecule has 4 aliphatic rings. The standard InChI is InChI=1S/C33H44O5/c1-20-6-9-22(10-7-20)31(36)38-24-16-17-32(3)23(18-24)11-12-25-27-14-13-26(21(2)8-15-30(35)37-5)33(27,4)29(34)19-28(25)32/h6-7,9-10,19,21,23-27H,8,11-18H2,1-5H3/t21-,23+,24+,25-,26+,27-,32-,33+/m0/s1. The van der Waals surface area contributed by atoms with Crippen LogP contribution in [0, 0.1) is 47.3 Å². The Morgan fingerprint density at radius 3 is 2.50 bits per heavy atom. The van der Waals surface area contributed by atoms with Crippen molar-refractivity contribution in [3.8, 4) is 0 Å². The van der Waals surface area contributed by atoms with Crippen LogP contribution < -0.4 is 0 Å². The topological polar surface area (TPSA) is 69.7 Å². The van der Waals surface area contributed by atoms with Gasteiger partial charge in [-0.1, -0.05) is 44.0 Å². The third-order valence-corrected chi connectivity index (χ3v) is 11.2. The lowest BCUT2D eigenvalue weighted by atomic mass is 9.48. The number of rotatable bonds is 6. The number of hydrogen-bond donors (Lipinski definition) is 0. The quantitative estimate of drug-likeness (QED) is 0.383. The molecule has 1 aromatic rings. The smallest absolute Gasteiger partial charge is 0.338 e. The predicted molar refractivity (Wildman–Crippen MR) is 146 cm³/mol. The van der Waals surface area contributed by atoms with Gasteiger partial charge in [-0.3, -0.25) is 9.59 Å². The molecule has 5 nitrogen and oxygen atoms in total. The van der Waals surface area contributed by atoms with Gasteiger partial charge in [-0.25, -0.2) is 4.79 Å². The zero-order chi connectivity index (χ0) is 27.2. The lowest BCUT2D eigenvalue weighted by molar-refractivity contribution is -0.141. The van der Waals surface area contributed by atoms with Gasteiger partial charge in [0.25, 0.3) is 0 Å². The number of allylic oxidation sites excluding steroid dienone is 2. The van der Waals surface area contributed by atoms with Crippen LogP contribution >= 0.6 is 0 Å². The van der Waals surface area contributed by atoms with E-state index in [2.05, 4.69) is 26.8 Å². The number of methoxy groups -OCH3 is 1. The van der Waals surface area contributed by atoms with Gasteiger partial charge in [-0.2, -0.15) is 0 Å². The van der Waals surface area contributed by atoms with Gasteiger partial charge >= 0.3 is 11.9 Å². The van der Waals surface area contributed by atoms with Gasteiger partial charge in [0.1, 0.15) is 6.10 Å². The Kier molecular flexibility index (Phi) is 7.34. The van der Waals surface area contributed by atoms with E-state index in [9.17, 15) is 14.4 Å². The van der Waals surface area contributed by atoms with E-state index in [1.807, 2.05) is 31.2 Å². The van der Waals surface area contributed by atoms with Crippen molar-refractivity contribution in [2.24, 2.45) is 40.4 Å². The molecule has 5 rings (SSSR count). The van der Waals surface area contributed by atoms with E-state index in [1.54, 1.807) is 0 Å². The fraction of sp³-hybridized carbons (Fsp3) is 0.667. The van der Waals surface area contributed by atoms with E-state index in [0.29, 0.717) is 47.4 Å². The van der Waals surface area contributed by atoms with Gasteiger partial charge in [-0.05, 0) is 112 Å². The molecule has 0 saturated heterocycles. The van der Waals surface area contributed by atoms with Crippen molar-refractivity contribution in [2.45, 2.75) is 91.6 Å². The van der Waals surface area contributed by atoms with Crippen LogP contribution in [0.5, 0.6) is 0 Å². The first-order valence-corrected chi connectivity index (χ1v) is 14.7. The number of aryl methyl sites for hydroxylation is 1. The summed E-state index contributed by atoms with van der Waals surface area (Å²) < 4.78 is 10.8. The maximum Gasteiger partial charge on any atom is 0.338 e. The molecular formula is C33H44O5. The Balaban J connectivity index is 1.30. The van der Waals surface area contributed by atoms with Gasteiger partial charge < -0.3 is 9.47 Å². The highest BCUT2D eigenvalue weighted by Crippen LogP contribution is 2.65. The maximum atomic E-state index is 13.9. The van der Waals surface area contributed by atoms with Crippen LogP contribution in [0.15, 0.2) is 35.9 Å². The Hall–Kier alpha value is -2.43. The number of hydrogen-bond acceptors (Lipinski definition) is 5. The molecule has 0 amide bonds. The first-order chi connectivity index (χ1) is 18.1. The van der Waals surface area contributed by atoms with E-state index in [-0.39, 0.29) is 28.9 Å². The molecule has 0 aliphatic heterocycles. The van der Waals surface area contributed by atoms with Gasteiger partial charge in [-0.15, -0.1) is 0 Å². The van der Waals surface area contributed by atoms with Crippen LogP contribution in [-0.4, -0.2) is 30.9 Å². The molecule has 8 atom stereocenters. The van der Waals surface area contributed by atoms with E-state index in [0.717, 1.165) is 56.9 Å². The average molecular weight is 521 g/mol. The summed E-state index contributed by atoms with van der Waals surface area (Å²) in [7, 11) is 1.44. The summed E-state index contributed by atoms with van der Waals surface area (Å²) in [6.45, 7) is 8.81. The largest absolute Gasteiger partial charge is 0.469 e. The van der Waals surface area contributed by atoms with E-state index in [1.165, 1.54) is 12.7 Å². The van der Waals surface area contributed by atoms with Crippen molar-refractivity contribution in [3.63, 3.8) is 0 Å². The van der Waals surface area contributed by atoms with Crippen LogP contribution in [0.25, 0.3) is 0 Å². The average Bonchev–Trinajstić information content (AvgIpc) is 3.27. The highest BCUT2D eigenvalue weighted by Gasteiger charge is 2.61. The van der Waals surface area contributed by atoms with Gasteiger partial charge in [0.15, 0.2) is 5.78 Å². The van der Waals surface area contributed by atoms with Gasteiger partial charge in [0, 0.05) is 11.8 Å². The predicted octanol–water partition coefficient (Wildman–Crippen LogP) is 6.87. The Labute approximate surface area is 227 Å². The maximum absolute atomic E-state index is 13.9. The highest BCUT2D eigenvalue weighted by molar-refractivity contribution is 5.97. The van der Waals surface area contributed by atoms with Crippen molar-refractivity contribution in [3.05, 3.63) is 47.0 Å². The molecule has 4 aliphatic carbocycles. The summed E-state index contributed by atoms with van der Waals surface area (Å²) >= 11 is 0. The second kappa shape index (κ2) is 10.3. The third-order valence-electron chi connectivity index (χ3n) is 11.2. The number of ketones is 1. The molecule has 0 spiro atoms. The number of fused-ring (bicyclic) bond motifs is 5. The van der Waals surface area contributed by atoms with Crippen LogP contribution in [0.2, 0.25) is 0 Å². The minimum atomic E-state index is -0.340. The molecule has 3 fully saturated rings. The Morgan fingerprint density at radius 1 is 1.05 bits per heavy atom. The third kappa shape index (κ3) is 4.54. The van der Waals surface area contributed by atoms with Crippen LogP contribution in [0.3, 0.4) is 0 Å². The second-order valence-corrected chi connectivity index (χ2v) is 13.1. The van der Waals surface area contributed by atoms with Gasteiger partial charge in [0.05, 0.1) is 12.7 Å². The monoisotopic (exact) mass is 520 g/mol. The Morgan fingerprint density at radius 2 is 1.79 bits per heavy atom. The Bertz CT molecular complexity index is 1120. The SMILES string of the molecule is COC(=O)CC[C@H](C)[C@H]1CC[C@H]2[C@@H]3CC[C@@H]4C[C@H](OC(=O)c5ccc(C)cc5)CC[C@]4(C)C3=CC(=O)[C@]12C. The van der Waals surface area contributed by atoms with Crippen LogP contribution in [0.1, 0.15) is 94.5 Å². The summed E-state index contributed by atoms with van der Waals surface area (Å²) in [5, 5.41) is 0. The van der Waals surface area contributed by atoms with Crippen molar-refractivity contribution < 1.29 is 23.9 Å². The number of benzene rings is 1. The second-order valence-electron chi connectivity index (χ2n) is 13.1. The van der Waals surface area contributed by atoms with Crippen LogP contribution in [0.4, 0.5) is 0 Å². The van der Waals surface area contributed by atoms with E-state index < -0.39 is 0 Å². The fourth-order valence-electron chi connectivity index (χ4n) is 8.88. The molecule has 0 unspecified atom stereocenters. The molecule has 0 heterocycles. The normalized spacial score (nSPS) is 36.8. The first-order valence-electron chi connectivity index (χ1n) is 14.7. The number of carbonyl (C=O) groups excluding carboxylic acids is 3. The molecule has 206 valence electrons. The summed E-state index contributed by atoms with van der Waals surface area (Å²) in [4.78, 5) is 38.5. The molecule has 0 radical (unpaired) electrons. The van der Waals surface area contributed by atoms with Crippen molar-refractivity contribution in [1.82, 2.24) is 0 Å².